The van der Waals surface area contributed by atoms with Crippen LogP contribution in [0.4, 0.5) is 9.59 Å². The van der Waals surface area contributed by atoms with Gasteiger partial charge in [-0.2, -0.15) is 0 Å². The van der Waals surface area contributed by atoms with Crippen molar-refractivity contribution in [1.82, 2.24) is 15.1 Å². The molecule has 2 N–H and O–H groups in total. The van der Waals surface area contributed by atoms with Crippen molar-refractivity contribution in [3.63, 3.8) is 0 Å². The number of hydrogen-bond donors (Lipinski definition) is 2. The Hall–Kier alpha value is -3.21. The van der Waals surface area contributed by atoms with E-state index in [0.29, 0.717) is 43.1 Å². The van der Waals surface area contributed by atoms with E-state index in [9.17, 15) is 19.5 Å². The molecule has 0 radical (unpaired) electrons. The highest BCUT2D eigenvalue weighted by molar-refractivity contribution is 5.95. The topological polar surface area (TPSA) is 127 Å². The maximum atomic E-state index is 13.7. The SMILES string of the molecule is COCCCOc1cc(C(=O)N(C(C)C)[C@@H]2C[C@H](COC(=O)NC(C)C)CN(C(=O)O)C2)ccc1OC. The molecule has 1 heterocycles. The van der Waals surface area contributed by atoms with Crippen LogP contribution >= 0.6 is 0 Å². The highest BCUT2D eigenvalue weighted by Gasteiger charge is 2.37. The number of piperidine rings is 1. The van der Waals surface area contributed by atoms with Crippen LogP contribution in [0.15, 0.2) is 18.2 Å². The Morgan fingerprint density at radius 3 is 2.43 bits per heavy atom. The number of nitrogens with one attached hydrogen (secondary N) is 1. The maximum Gasteiger partial charge on any atom is 0.407 e. The number of carbonyl (C=O) groups is 3. The lowest BCUT2D eigenvalue weighted by atomic mass is 9.92. The number of ether oxygens (including phenoxy) is 4. The van der Waals surface area contributed by atoms with Crippen LogP contribution in [-0.2, 0) is 9.47 Å². The lowest BCUT2D eigenvalue weighted by Crippen LogP contribution is -2.56. The number of hydrogen-bond acceptors (Lipinski definition) is 7. The van der Waals surface area contributed by atoms with E-state index < -0.39 is 18.2 Å². The Balaban J connectivity index is 2.24. The van der Waals surface area contributed by atoms with E-state index in [0.717, 1.165) is 0 Å². The minimum atomic E-state index is -1.08. The number of methoxy groups -OCH3 is 2. The van der Waals surface area contributed by atoms with Gasteiger partial charge in [0.25, 0.3) is 5.91 Å². The highest BCUT2D eigenvalue weighted by atomic mass is 16.5. The van der Waals surface area contributed by atoms with E-state index in [1.165, 1.54) is 12.0 Å². The Labute approximate surface area is 219 Å². The third kappa shape index (κ3) is 8.99. The molecule has 3 amide bonds. The summed E-state index contributed by atoms with van der Waals surface area (Å²) in [6.45, 7) is 8.84. The van der Waals surface area contributed by atoms with Crippen LogP contribution in [0.2, 0.25) is 0 Å². The van der Waals surface area contributed by atoms with Crippen LogP contribution in [-0.4, -0.2) is 98.3 Å². The summed E-state index contributed by atoms with van der Waals surface area (Å²) in [7, 11) is 3.15. The van der Waals surface area contributed by atoms with Crippen LogP contribution in [0, 0.1) is 5.92 Å². The number of nitrogens with zero attached hydrogens (tertiary/aromatic N) is 2. The summed E-state index contributed by atoms with van der Waals surface area (Å²) in [5.41, 5.74) is 0.410. The highest BCUT2D eigenvalue weighted by Crippen LogP contribution is 2.31. The summed E-state index contributed by atoms with van der Waals surface area (Å²) in [5, 5.41) is 12.4. The van der Waals surface area contributed by atoms with Crippen molar-refractivity contribution in [2.75, 3.05) is 47.1 Å². The predicted octanol–water partition coefficient (Wildman–Crippen LogP) is 3.46. The molecule has 0 unspecified atom stereocenters. The first kappa shape index (κ1) is 30.0. The predicted molar refractivity (Wildman–Crippen MR) is 137 cm³/mol. The third-order valence-corrected chi connectivity index (χ3v) is 5.99. The van der Waals surface area contributed by atoms with Crippen LogP contribution in [0.25, 0.3) is 0 Å². The number of likely N-dealkylation sites (tertiary alicyclic amines) is 1. The van der Waals surface area contributed by atoms with Gasteiger partial charge in [-0.3, -0.25) is 4.79 Å². The molecule has 1 aliphatic heterocycles. The van der Waals surface area contributed by atoms with Gasteiger partial charge in [0.1, 0.15) is 0 Å². The fourth-order valence-electron chi connectivity index (χ4n) is 4.40. The van der Waals surface area contributed by atoms with Gasteiger partial charge in [-0.25, -0.2) is 9.59 Å². The van der Waals surface area contributed by atoms with Crippen molar-refractivity contribution >= 4 is 18.1 Å². The summed E-state index contributed by atoms with van der Waals surface area (Å²) in [6, 6.07) is 4.34. The van der Waals surface area contributed by atoms with E-state index in [1.54, 1.807) is 30.2 Å². The number of carboxylic acid groups (broad SMARTS) is 1. The number of amides is 3. The van der Waals surface area contributed by atoms with Gasteiger partial charge >= 0.3 is 12.2 Å². The van der Waals surface area contributed by atoms with Crippen molar-refractivity contribution in [2.45, 2.75) is 58.7 Å². The van der Waals surface area contributed by atoms with Gasteiger partial charge in [0.2, 0.25) is 0 Å². The first-order valence-electron chi connectivity index (χ1n) is 12.6. The number of alkyl carbamates (subject to hydrolysis) is 1. The number of rotatable bonds is 12. The standard InChI is InChI=1S/C26H41N3O8/c1-17(2)27-25(31)37-16-19-12-21(15-28(14-19)26(32)33)29(18(3)4)24(30)20-8-9-22(35-6)23(13-20)36-11-7-10-34-5/h8-9,13,17-19,21H,7,10-12,14-16H2,1-6H3,(H,27,31)(H,32,33)/t19-,21+/m0/s1. The normalized spacial score (nSPS) is 17.5. The lowest BCUT2D eigenvalue weighted by Gasteiger charge is -2.43. The Morgan fingerprint density at radius 1 is 1.11 bits per heavy atom. The van der Waals surface area contributed by atoms with Crippen molar-refractivity contribution < 1.29 is 38.4 Å². The molecule has 11 heteroatoms. The van der Waals surface area contributed by atoms with E-state index in [1.807, 2.05) is 27.7 Å². The molecule has 208 valence electrons. The zero-order valence-electron chi connectivity index (χ0n) is 22.7. The molecular weight excluding hydrogens is 482 g/mol. The zero-order valence-corrected chi connectivity index (χ0v) is 22.7. The van der Waals surface area contributed by atoms with Gasteiger partial charge < -0.3 is 39.2 Å². The molecule has 37 heavy (non-hydrogen) atoms. The summed E-state index contributed by atoms with van der Waals surface area (Å²) in [5.74, 6) is 0.467. The molecule has 11 nitrogen and oxygen atoms in total. The second-order valence-electron chi connectivity index (χ2n) is 9.71. The van der Waals surface area contributed by atoms with Crippen molar-refractivity contribution in [3.05, 3.63) is 23.8 Å². The molecule has 1 aliphatic rings. The van der Waals surface area contributed by atoms with Gasteiger partial charge in [-0.15, -0.1) is 0 Å². The molecular formula is C26H41N3O8. The number of carbonyl (C=O) groups excluding carboxylic acids is 2. The molecule has 1 saturated heterocycles. The van der Waals surface area contributed by atoms with Gasteiger partial charge in [0.05, 0.1) is 26.4 Å². The molecule has 1 fully saturated rings. The first-order chi connectivity index (χ1) is 17.6. The molecule has 0 spiro atoms. The van der Waals surface area contributed by atoms with Crippen LogP contribution < -0.4 is 14.8 Å². The quantitative estimate of drug-likeness (QED) is 0.399. The fraction of sp³-hybridized carbons (Fsp3) is 0.654. The molecule has 0 saturated carbocycles. The minimum absolute atomic E-state index is 0.0565. The summed E-state index contributed by atoms with van der Waals surface area (Å²) >= 11 is 0. The zero-order chi connectivity index (χ0) is 27.5. The number of benzene rings is 1. The van der Waals surface area contributed by atoms with Gasteiger partial charge in [0, 0.05) is 56.8 Å². The smallest absolute Gasteiger partial charge is 0.407 e. The van der Waals surface area contributed by atoms with Gasteiger partial charge in [-0.1, -0.05) is 0 Å². The molecule has 2 rings (SSSR count). The van der Waals surface area contributed by atoms with E-state index in [-0.39, 0.29) is 43.6 Å². The fourth-order valence-corrected chi connectivity index (χ4v) is 4.40. The summed E-state index contributed by atoms with van der Waals surface area (Å²) in [4.78, 5) is 40.6. The molecule has 0 bridgehead atoms. The lowest BCUT2D eigenvalue weighted by molar-refractivity contribution is 0.0233. The molecule has 2 atom stereocenters. The van der Waals surface area contributed by atoms with Crippen LogP contribution in [0.5, 0.6) is 11.5 Å². The largest absolute Gasteiger partial charge is 0.493 e. The van der Waals surface area contributed by atoms with Gasteiger partial charge in [0.15, 0.2) is 11.5 Å². The van der Waals surface area contributed by atoms with E-state index in [4.69, 9.17) is 18.9 Å². The van der Waals surface area contributed by atoms with Crippen molar-refractivity contribution in [1.29, 1.82) is 0 Å². The monoisotopic (exact) mass is 523 g/mol. The van der Waals surface area contributed by atoms with Crippen molar-refractivity contribution in [2.24, 2.45) is 5.92 Å². The first-order valence-corrected chi connectivity index (χ1v) is 12.6. The van der Waals surface area contributed by atoms with Crippen LogP contribution in [0.3, 0.4) is 0 Å². The summed E-state index contributed by atoms with van der Waals surface area (Å²) in [6.07, 6.45) is -0.443. The van der Waals surface area contributed by atoms with E-state index >= 15 is 0 Å². The second-order valence-corrected chi connectivity index (χ2v) is 9.71. The van der Waals surface area contributed by atoms with Crippen molar-refractivity contribution in [3.8, 4) is 11.5 Å². The molecule has 1 aromatic carbocycles. The minimum Gasteiger partial charge on any atom is -0.493 e. The molecule has 1 aromatic rings. The van der Waals surface area contributed by atoms with E-state index in [2.05, 4.69) is 5.32 Å². The van der Waals surface area contributed by atoms with Gasteiger partial charge in [-0.05, 0) is 52.3 Å². The third-order valence-electron chi connectivity index (χ3n) is 5.99. The average Bonchev–Trinajstić information content (AvgIpc) is 2.84. The average molecular weight is 524 g/mol. The Kier molecular flexibility index (Phi) is 11.8. The Bertz CT molecular complexity index is 908. The molecule has 0 aliphatic carbocycles. The summed E-state index contributed by atoms with van der Waals surface area (Å²) < 4.78 is 21.6. The second kappa shape index (κ2) is 14.5. The Morgan fingerprint density at radius 2 is 1.84 bits per heavy atom. The maximum absolute atomic E-state index is 13.7. The van der Waals surface area contributed by atoms with Crippen LogP contribution in [0.1, 0.15) is 50.9 Å². The molecule has 0 aromatic heterocycles.